The number of nitrogens with zero attached hydrogens (tertiary/aromatic N) is 2. The Hall–Kier alpha value is -4.47. The van der Waals surface area contributed by atoms with Crippen LogP contribution in [0.3, 0.4) is 0 Å². The summed E-state index contributed by atoms with van der Waals surface area (Å²) in [5.74, 6) is -2.95. The Morgan fingerprint density at radius 1 is 1.00 bits per heavy atom. The average Bonchev–Trinajstić information content (AvgIpc) is 2.98. The van der Waals surface area contributed by atoms with Gasteiger partial charge in [-0.1, -0.05) is 42.5 Å². The lowest BCUT2D eigenvalue weighted by Gasteiger charge is -2.39. The van der Waals surface area contributed by atoms with Crippen LogP contribution in [0.1, 0.15) is 45.2 Å². The number of esters is 2. The molecule has 0 bridgehead atoms. The highest BCUT2D eigenvalue weighted by Gasteiger charge is 2.42. The Balaban J connectivity index is 1.95. The maximum Gasteiger partial charge on any atom is 0.417 e. The molecular formula is C33H32F4N2O4. The van der Waals surface area contributed by atoms with E-state index in [0.29, 0.717) is 24.4 Å². The van der Waals surface area contributed by atoms with Gasteiger partial charge in [-0.3, -0.25) is 0 Å². The molecular weight excluding hydrogens is 564 g/mol. The molecule has 1 atom stereocenters. The molecule has 2 aromatic rings. The highest BCUT2D eigenvalue weighted by atomic mass is 19.4. The lowest BCUT2D eigenvalue weighted by Crippen LogP contribution is -2.41. The van der Waals surface area contributed by atoms with Crippen molar-refractivity contribution in [1.29, 1.82) is 0 Å². The fourth-order valence-corrected chi connectivity index (χ4v) is 5.30. The molecule has 6 nitrogen and oxygen atoms in total. The first-order valence-corrected chi connectivity index (χ1v) is 13.9. The number of carbonyl (C=O) groups is 2. The topological polar surface area (TPSA) is 68.2 Å². The van der Waals surface area contributed by atoms with Gasteiger partial charge < -0.3 is 14.4 Å². The van der Waals surface area contributed by atoms with Gasteiger partial charge >= 0.3 is 18.1 Å². The number of benzene rings is 2. The number of hydrogen-bond donors (Lipinski definition) is 0. The fourth-order valence-electron chi connectivity index (χ4n) is 5.30. The van der Waals surface area contributed by atoms with Crippen molar-refractivity contribution in [3.05, 3.63) is 107 Å². The molecule has 226 valence electrons. The Morgan fingerprint density at radius 2 is 1.65 bits per heavy atom. The molecule has 1 heterocycles. The van der Waals surface area contributed by atoms with E-state index >= 15 is 0 Å². The van der Waals surface area contributed by atoms with Gasteiger partial charge in [0.15, 0.2) is 0 Å². The molecule has 0 aromatic heterocycles. The van der Waals surface area contributed by atoms with Crippen molar-refractivity contribution >= 4 is 29.1 Å². The van der Waals surface area contributed by atoms with Gasteiger partial charge in [0.2, 0.25) is 5.90 Å². The van der Waals surface area contributed by atoms with Crippen molar-refractivity contribution in [3.8, 4) is 0 Å². The predicted octanol–water partition coefficient (Wildman–Crippen LogP) is 7.56. The minimum atomic E-state index is -4.79. The molecule has 2 aromatic carbocycles. The molecule has 4 rings (SSSR count). The quantitative estimate of drug-likeness (QED) is 0.108. The molecule has 0 radical (unpaired) electrons. The van der Waals surface area contributed by atoms with E-state index in [-0.39, 0.29) is 34.8 Å². The lowest BCUT2D eigenvalue weighted by molar-refractivity contribution is -0.140. The van der Waals surface area contributed by atoms with E-state index in [1.807, 2.05) is 12.2 Å². The molecule has 0 saturated carbocycles. The molecule has 2 aliphatic rings. The third kappa shape index (κ3) is 6.79. The number of rotatable bonds is 7. The molecule has 1 unspecified atom stereocenters. The zero-order valence-corrected chi connectivity index (χ0v) is 24.2. The standard InChI is InChI=1S/C33H32F4N2O4/c1-5-39-20(3)27(31(40)42-6-2)29(25-14-10-11-15-26(25)33(35,36)37)28(21(39)4)32(41)43-30(22-12-8-7-9-13-22)38-24-18-16-23(34)17-19-24/h8-20,22H,5-7H2,1-4H3. The van der Waals surface area contributed by atoms with Gasteiger partial charge in [-0.2, -0.15) is 13.2 Å². The molecule has 0 N–H and O–H groups in total. The van der Waals surface area contributed by atoms with Crippen LogP contribution in [0.15, 0.2) is 94.7 Å². The van der Waals surface area contributed by atoms with E-state index in [1.165, 1.54) is 42.5 Å². The summed E-state index contributed by atoms with van der Waals surface area (Å²) in [5.41, 5.74) is -1.23. The van der Waals surface area contributed by atoms with Crippen LogP contribution < -0.4 is 0 Å². The van der Waals surface area contributed by atoms with Crippen molar-refractivity contribution < 1.29 is 36.6 Å². The number of ether oxygens (including phenoxy) is 2. The summed E-state index contributed by atoms with van der Waals surface area (Å²) in [6, 6.07) is 9.31. The highest BCUT2D eigenvalue weighted by molar-refractivity contribution is 6.17. The highest BCUT2D eigenvalue weighted by Crippen LogP contribution is 2.44. The number of aliphatic imine (C=N–C) groups is 1. The van der Waals surface area contributed by atoms with Gasteiger partial charge in [0.1, 0.15) is 5.82 Å². The van der Waals surface area contributed by atoms with Gasteiger partial charge in [-0.05, 0) is 70.0 Å². The van der Waals surface area contributed by atoms with Crippen LogP contribution >= 0.6 is 0 Å². The molecule has 1 aliphatic heterocycles. The number of halogens is 4. The lowest BCUT2D eigenvalue weighted by atomic mass is 9.82. The first-order chi connectivity index (χ1) is 20.5. The van der Waals surface area contributed by atoms with E-state index < -0.39 is 41.5 Å². The van der Waals surface area contributed by atoms with Gasteiger partial charge in [0.25, 0.3) is 0 Å². The molecule has 10 heteroatoms. The SMILES string of the molecule is CCOC(=O)C1=C(c2ccccc2C(F)(F)F)C(C(=O)OC(=Nc2ccc(F)cc2)C2C=CCC=C2)=C(C)N(CC)C1C. The van der Waals surface area contributed by atoms with Crippen LogP contribution in [0.2, 0.25) is 0 Å². The summed E-state index contributed by atoms with van der Waals surface area (Å²) >= 11 is 0. The summed E-state index contributed by atoms with van der Waals surface area (Å²) in [4.78, 5) is 33.8. The monoisotopic (exact) mass is 596 g/mol. The first-order valence-electron chi connectivity index (χ1n) is 13.9. The van der Waals surface area contributed by atoms with Gasteiger partial charge in [-0.25, -0.2) is 19.0 Å². The summed E-state index contributed by atoms with van der Waals surface area (Å²) in [5, 5.41) is 0. The van der Waals surface area contributed by atoms with Crippen molar-refractivity contribution in [2.75, 3.05) is 13.2 Å². The zero-order chi connectivity index (χ0) is 31.3. The van der Waals surface area contributed by atoms with Crippen LogP contribution in [-0.4, -0.2) is 41.9 Å². The van der Waals surface area contributed by atoms with Crippen LogP contribution in [0.4, 0.5) is 23.2 Å². The summed E-state index contributed by atoms with van der Waals surface area (Å²) < 4.78 is 67.7. The molecule has 1 aliphatic carbocycles. The third-order valence-corrected chi connectivity index (χ3v) is 7.25. The van der Waals surface area contributed by atoms with Crippen molar-refractivity contribution in [1.82, 2.24) is 4.90 Å². The van der Waals surface area contributed by atoms with Crippen LogP contribution in [-0.2, 0) is 25.2 Å². The molecule has 0 saturated heterocycles. The fraction of sp³-hybridized carbons (Fsp3) is 0.303. The number of allylic oxidation sites excluding steroid dienone is 3. The van der Waals surface area contributed by atoms with Crippen LogP contribution in [0.25, 0.3) is 5.57 Å². The maximum atomic E-state index is 14.3. The Labute approximate surface area is 247 Å². The van der Waals surface area contributed by atoms with Crippen molar-refractivity contribution in [2.45, 2.75) is 46.3 Å². The third-order valence-electron chi connectivity index (χ3n) is 7.25. The smallest absolute Gasteiger partial charge is 0.417 e. The largest absolute Gasteiger partial charge is 0.463 e. The van der Waals surface area contributed by atoms with Crippen LogP contribution in [0, 0.1) is 11.7 Å². The molecule has 0 fully saturated rings. The number of carbonyl (C=O) groups excluding carboxylic acids is 2. The maximum absolute atomic E-state index is 14.3. The number of likely N-dealkylation sites (N-methyl/N-ethyl adjacent to an activating group) is 1. The predicted molar refractivity (Wildman–Crippen MR) is 156 cm³/mol. The van der Waals surface area contributed by atoms with E-state index in [0.717, 1.165) is 6.07 Å². The van der Waals surface area contributed by atoms with Crippen molar-refractivity contribution in [2.24, 2.45) is 10.9 Å². The van der Waals surface area contributed by atoms with Crippen LogP contribution in [0.5, 0.6) is 0 Å². The van der Waals surface area contributed by atoms with E-state index in [4.69, 9.17) is 9.47 Å². The second kappa shape index (κ2) is 13.2. The Morgan fingerprint density at radius 3 is 2.26 bits per heavy atom. The summed E-state index contributed by atoms with van der Waals surface area (Å²) in [6.07, 6.45) is 3.13. The minimum Gasteiger partial charge on any atom is -0.463 e. The normalized spacial score (nSPS) is 17.9. The second-order valence-electron chi connectivity index (χ2n) is 9.91. The second-order valence-corrected chi connectivity index (χ2v) is 9.91. The molecule has 43 heavy (non-hydrogen) atoms. The van der Waals surface area contributed by atoms with E-state index in [1.54, 1.807) is 44.7 Å². The Kier molecular flexibility index (Phi) is 9.68. The van der Waals surface area contributed by atoms with Gasteiger partial charge in [-0.15, -0.1) is 0 Å². The minimum absolute atomic E-state index is 0.0212. The zero-order valence-electron chi connectivity index (χ0n) is 24.2. The van der Waals surface area contributed by atoms with Crippen molar-refractivity contribution in [3.63, 3.8) is 0 Å². The van der Waals surface area contributed by atoms with E-state index in [9.17, 15) is 27.2 Å². The molecule has 0 spiro atoms. The average molecular weight is 597 g/mol. The number of hydrogen-bond acceptors (Lipinski definition) is 6. The summed E-state index contributed by atoms with van der Waals surface area (Å²) in [7, 11) is 0. The Bertz CT molecular complexity index is 1520. The first kappa shape index (κ1) is 31.5. The molecule has 0 amide bonds. The van der Waals surface area contributed by atoms with E-state index in [2.05, 4.69) is 4.99 Å². The van der Waals surface area contributed by atoms with Gasteiger partial charge in [0, 0.05) is 17.8 Å². The van der Waals surface area contributed by atoms with Gasteiger partial charge in [0.05, 0.1) is 41.0 Å². The summed E-state index contributed by atoms with van der Waals surface area (Å²) in [6.45, 7) is 6.99. The number of alkyl halides is 3.